The molecule has 0 aliphatic rings. The number of hydrogen-bond donors (Lipinski definition) is 2. The largest absolute Gasteiger partial charge is 0.612 e. The van der Waals surface area contributed by atoms with Gasteiger partial charge in [-0.1, -0.05) is 53.5 Å². The minimum atomic E-state index is -1.38. The average molecular weight is 533 g/mol. The summed E-state index contributed by atoms with van der Waals surface area (Å²) in [6.07, 6.45) is 1.62. The van der Waals surface area contributed by atoms with E-state index in [0.717, 1.165) is 0 Å². The number of carbonyl (C=O) groups excluding carboxylic acids is 3. The Kier molecular flexibility index (Phi) is 9.17. The molecule has 35 heavy (non-hydrogen) atoms. The normalized spacial score (nSPS) is 12.4. The fraction of sp³-hybridized carbons (Fsp3) is 0.160. The number of rotatable bonds is 8. The predicted octanol–water partition coefficient (Wildman–Crippen LogP) is 4.50. The Morgan fingerprint density at radius 3 is 2.17 bits per heavy atom. The van der Waals surface area contributed by atoms with Gasteiger partial charge in [0.15, 0.2) is 4.90 Å². The molecule has 0 saturated heterocycles. The van der Waals surface area contributed by atoms with Gasteiger partial charge in [0, 0.05) is 12.1 Å². The molecule has 3 rings (SSSR count). The molecule has 2 atom stereocenters. The molecule has 0 aromatic heterocycles. The van der Waals surface area contributed by atoms with Crippen molar-refractivity contribution in [2.24, 2.45) is 0 Å². The molecule has 10 heteroatoms. The van der Waals surface area contributed by atoms with E-state index in [1.807, 2.05) is 0 Å². The van der Waals surface area contributed by atoms with Crippen molar-refractivity contribution in [3.05, 3.63) is 93.5 Å². The summed E-state index contributed by atoms with van der Waals surface area (Å²) in [6.45, 7) is 0. The first-order chi connectivity index (χ1) is 16.7. The van der Waals surface area contributed by atoms with Crippen LogP contribution >= 0.6 is 23.2 Å². The van der Waals surface area contributed by atoms with Crippen LogP contribution in [0.25, 0.3) is 0 Å². The maximum atomic E-state index is 12.8. The molecule has 0 saturated carbocycles. The number of methoxy groups -OCH3 is 1. The molecule has 0 aliphatic carbocycles. The van der Waals surface area contributed by atoms with Crippen molar-refractivity contribution in [3.63, 3.8) is 0 Å². The summed E-state index contributed by atoms with van der Waals surface area (Å²) in [5, 5.41) is 5.85. The Labute approximate surface area is 215 Å². The molecule has 0 fully saturated rings. The van der Waals surface area contributed by atoms with Gasteiger partial charge in [-0.2, -0.15) is 0 Å². The zero-order chi connectivity index (χ0) is 25.5. The minimum absolute atomic E-state index is 0.139. The summed E-state index contributed by atoms with van der Waals surface area (Å²) in [5.74, 6) is -1.62. The molecule has 7 nitrogen and oxygen atoms in total. The summed E-state index contributed by atoms with van der Waals surface area (Å²) in [6, 6.07) is 17.0. The van der Waals surface area contributed by atoms with E-state index in [-0.39, 0.29) is 27.6 Å². The lowest BCUT2D eigenvalue weighted by molar-refractivity contribution is -0.142. The predicted molar refractivity (Wildman–Crippen MR) is 137 cm³/mol. The molecule has 0 spiro atoms. The van der Waals surface area contributed by atoms with Gasteiger partial charge in [-0.15, -0.1) is 0 Å². The molecule has 0 radical (unpaired) electrons. The molecular formula is C25H22Cl2N2O5S. The molecule has 3 aromatic carbocycles. The maximum Gasteiger partial charge on any atom is 0.328 e. The second kappa shape index (κ2) is 12.1. The van der Waals surface area contributed by atoms with Crippen molar-refractivity contribution < 1.29 is 23.7 Å². The zero-order valence-electron chi connectivity index (χ0n) is 18.8. The molecule has 1 unspecified atom stereocenters. The number of anilines is 1. The third kappa shape index (κ3) is 6.76. The van der Waals surface area contributed by atoms with Gasteiger partial charge in [0.25, 0.3) is 11.8 Å². The molecule has 2 N–H and O–H groups in total. The van der Waals surface area contributed by atoms with Crippen LogP contribution in [0.1, 0.15) is 26.3 Å². The quantitative estimate of drug-likeness (QED) is 0.328. The van der Waals surface area contributed by atoms with Gasteiger partial charge < -0.3 is 19.9 Å². The Morgan fingerprint density at radius 1 is 0.943 bits per heavy atom. The number of carbonyl (C=O) groups is 3. The highest BCUT2D eigenvalue weighted by atomic mass is 35.5. The highest BCUT2D eigenvalue weighted by Gasteiger charge is 2.25. The van der Waals surface area contributed by atoms with Crippen LogP contribution in [0, 0.1) is 0 Å². The Hall–Kier alpha value is -3.04. The number of ether oxygens (including phenoxy) is 1. The summed E-state index contributed by atoms with van der Waals surface area (Å²) in [4.78, 5) is 38.1. The maximum absolute atomic E-state index is 12.8. The van der Waals surface area contributed by atoms with Crippen LogP contribution in [0.2, 0.25) is 10.0 Å². The number of halogens is 2. The number of esters is 1. The fourth-order valence-corrected chi connectivity index (χ4v) is 4.65. The van der Waals surface area contributed by atoms with Crippen molar-refractivity contribution in [3.8, 4) is 0 Å². The van der Waals surface area contributed by atoms with Gasteiger partial charge >= 0.3 is 5.97 Å². The zero-order valence-corrected chi connectivity index (χ0v) is 21.2. The van der Waals surface area contributed by atoms with Crippen molar-refractivity contribution in [2.45, 2.75) is 17.4 Å². The first kappa shape index (κ1) is 26.6. The Balaban J connectivity index is 1.72. The minimum Gasteiger partial charge on any atom is -0.612 e. The van der Waals surface area contributed by atoms with Crippen molar-refractivity contribution in [1.29, 1.82) is 0 Å². The van der Waals surface area contributed by atoms with E-state index in [4.69, 9.17) is 27.9 Å². The van der Waals surface area contributed by atoms with Gasteiger partial charge in [0.2, 0.25) is 0 Å². The van der Waals surface area contributed by atoms with Crippen molar-refractivity contribution in [2.75, 3.05) is 18.7 Å². The first-order valence-electron chi connectivity index (χ1n) is 10.4. The van der Waals surface area contributed by atoms with Crippen LogP contribution in [0.3, 0.4) is 0 Å². The lowest BCUT2D eigenvalue weighted by Crippen LogP contribution is -2.43. The van der Waals surface area contributed by atoms with Crippen molar-refractivity contribution in [1.82, 2.24) is 5.32 Å². The Bertz CT molecular complexity index is 1210. The van der Waals surface area contributed by atoms with Crippen LogP contribution in [0.15, 0.2) is 71.6 Å². The van der Waals surface area contributed by atoms with Crippen LogP contribution < -0.4 is 10.6 Å². The molecule has 182 valence electrons. The molecule has 2 amide bonds. The number of benzene rings is 3. The van der Waals surface area contributed by atoms with E-state index in [9.17, 15) is 18.9 Å². The van der Waals surface area contributed by atoms with Crippen LogP contribution in [-0.4, -0.2) is 41.7 Å². The van der Waals surface area contributed by atoms with E-state index in [1.54, 1.807) is 66.7 Å². The lowest BCUT2D eigenvalue weighted by atomic mass is 10.0. The summed E-state index contributed by atoms with van der Waals surface area (Å²) in [7, 11) is 1.23. The topological polar surface area (TPSA) is 108 Å². The van der Waals surface area contributed by atoms with Crippen molar-refractivity contribution >= 4 is 57.8 Å². The lowest BCUT2D eigenvalue weighted by Gasteiger charge is -2.18. The van der Waals surface area contributed by atoms with Crippen LogP contribution in [-0.2, 0) is 27.1 Å². The summed E-state index contributed by atoms with van der Waals surface area (Å²) >= 11 is 10.8. The third-order valence-electron chi connectivity index (χ3n) is 5.07. The van der Waals surface area contributed by atoms with E-state index in [2.05, 4.69) is 10.6 Å². The molecular weight excluding hydrogens is 511 g/mol. The third-order valence-corrected chi connectivity index (χ3v) is 6.68. The standard InChI is InChI=1S/C25H22Cl2N2O5S/c1-34-25(32)20(29-23(30)17-6-3-4-9-21(17)35(2)33)14-15-10-12-16(13-11-15)28-24(31)22-18(26)7-5-8-19(22)27/h3-13,20H,14H2,1-2H3,(H,28,31)(H,29,30)/t20-,35?/m0/s1. The highest BCUT2D eigenvalue weighted by Crippen LogP contribution is 2.25. The monoisotopic (exact) mass is 532 g/mol. The number of hydrogen-bond acceptors (Lipinski definition) is 5. The van der Waals surface area contributed by atoms with Gasteiger partial charge in [-0.3, -0.25) is 9.59 Å². The molecule has 0 bridgehead atoms. The SMILES string of the molecule is COC(=O)[C@H](Cc1ccc(NC(=O)c2c(Cl)cccc2Cl)cc1)NC(=O)c1ccccc1[S+](C)[O-]. The smallest absolute Gasteiger partial charge is 0.328 e. The number of nitrogens with one attached hydrogen (secondary N) is 2. The Morgan fingerprint density at radius 2 is 1.57 bits per heavy atom. The summed E-state index contributed by atoms with van der Waals surface area (Å²) in [5.41, 5.74) is 1.59. The highest BCUT2D eigenvalue weighted by molar-refractivity contribution is 7.90. The van der Waals surface area contributed by atoms with Gasteiger partial charge in [-0.05, 0) is 53.1 Å². The van der Waals surface area contributed by atoms with E-state index in [1.165, 1.54) is 13.4 Å². The van der Waals surface area contributed by atoms with E-state index >= 15 is 0 Å². The fourth-order valence-electron chi connectivity index (χ4n) is 3.34. The summed E-state index contributed by atoms with van der Waals surface area (Å²) < 4.78 is 16.8. The molecule has 0 heterocycles. The van der Waals surface area contributed by atoms with Crippen LogP contribution in [0.4, 0.5) is 5.69 Å². The molecule has 3 aromatic rings. The van der Waals surface area contributed by atoms with Gasteiger partial charge in [-0.25, -0.2) is 4.79 Å². The number of amides is 2. The first-order valence-corrected chi connectivity index (χ1v) is 12.7. The second-order valence-electron chi connectivity index (χ2n) is 7.45. The second-order valence-corrected chi connectivity index (χ2v) is 9.61. The van der Waals surface area contributed by atoms with E-state index < -0.39 is 35.0 Å². The van der Waals surface area contributed by atoms with Crippen LogP contribution in [0.5, 0.6) is 0 Å². The van der Waals surface area contributed by atoms with E-state index in [0.29, 0.717) is 16.1 Å². The van der Waals surface area contributed by atoms with Gasteiger partial charge in [0.1, 0.15) is 12.3 Å². The molecule has 0 aliphatic heterocycles. The average Bonchev–Trinajstić information content (AvgIpc) is 2.84. The van der Waals surface area contributed by atoms with Gasteiger partial charge in [0.05, 0.1) is 28.3 Å².